The number of rotatable bonds is 5. The highest BCUT2D eigenvalue weighted by atomic mass is 16.5. The minimum absolute atomic E-state index is 0.146. The van der Waals surface area contributed by atoms with Crippen molar-refractivity contribution in [3.63, 3.8) is 0 Å². The van der Waals surface area contributed by atoms with Crippen LogP contribution in [0.2, 0.25) is 0 Å². The molecule has 6 nitrogen and oxygen atoms in total. The number of anilines is 1. The zero-order valence-electron chi connectivity index (χ0n) is 13.2. The van der Waals surface area contributed by atoms with Gasteiger partial charge in [0.25, 0.3) is 0 Å². The molecular weight excluding hydrogens is 292 g/mol. The summed E-state index contributed by atoms with van der Waals surface area (Å²) in [6.07, 6.45) is 5.48. The molecule has 0 radical (unpaired) electrons. The van der Waals surface area contributed by atoms with E-state index in [1.54, 1.807) is 4.40 Å². The number of pyridine rings is 1. The van der Waals surface area contributed by atoms with E-state index < -0.39 is 5.41 Å². The van der Waals surface area contributed by atoms with Crippen molar-refractivity contribution in [1.82, 2.24) is 9.38 Å². The van der Waals surface area contributed by atoms with Crippen LogP contribution in [-0.2, 0) is 9.53 Å². The smallest absolute Gasteiger partial charge is 0.313 e. The topological polar surface area (TPSA) is 79.4 Å². The highest BCUT2D eigenvalue weighted by molar-refractivity contribution is 5.78. The highest BCUT2D eigenvalue weighted by Crippen LogP contribution is 2.39. The minimum atomic E-state index is -0.501. The average molecular weight is 312 g/mol. The van der Waals surface area contributed by atoms with Gasteiger partial charge in [-0.1, -0.05) is 18.9 Å². The lowest BCUT2D eigenvalue weighted by molar-refractivity contribution is -0.154. The first-order valence-corrected chi connectivity index (χ1v) is 7.98. The number of carbonyl (C=O) groups is 1. The molecule has 0 aliphatic heterocycles. The lowest BCUT2D eigenvalue weighted by Gasteiger charge is -2.26. The van der Waals surface area contributed by atoms with Crippen LogP contribution in [0, 0.1) is 16.7 Å². The Labute approximate surface area is 135 Å². The van der Waals surface area contributed by atoms with Gasteiger partial charge in [-0.05, 0) is 31.9 Å². The summed E-state index contributed by atoms with van der Waals surface area (Å²) in [6.45, 7) is 2.66. The first kappa shape index (κ1) is 15.3. The lowest BCUT2D eigenvalue weighted by Crippen LogP contribution is -2.37. The molecule has 1 saturated carbocycles. The van der Waals surface area contributed by atoms with Crippen molar-refractivity contribution >= 4 is 17.4 Å². The van der Waals surface area contributed by atoms with Crippen molar-refractivity contribution in [2.45, 2.75) is 32.6 Å². The van der Waals surface area contributed by atoms with Crippen molar-refractivity contribution in [3.05, 3.63) is 30.1 Å². The summed E-state index contributed by atoms with van der Waals surface area (Å²) in [5.41, 5.74) is 0.666. The maximum Gasteiger partial charge on any atom is 0.313 e. The molecule has 120 valence electrons. The quantitative estimate of drug-likeness (QED) is 0.859. The van der Waals surface area contributed by atoms with E-state index in [4.69, 9.17) is 4.74 Å². The predicted molar refractivity (Wildman–Crippen MR) is 85.9 cm³/mol. The van der Waals surface area contributed by atoms with Gasteiger partial charge in [-0.2, -0.15) is 5.26 Å². The van der Waals surface area contributed by atoms with Gasteiger partial charge in [0.2, 0.25) is 0 Å². The number of hydrogen-bond donors (Lipinski definition) is 1. The molecule has 2 aromatic rings. The van der Waals surface area contributed by atoms with E-state index in [0.29, 0.717) is 30.3 Å². The fraction of sp³-hybridized carbons (Fsp3) is 0.471. The zero-order valence-corrected chi connectivity index (χ0v) is 13.2. The number of imidazole rings is 1. The normalized spacial score (nSPS) is 16.2. The molecule has 0 unspecified atom stereocenters. The molecule has 23 heavy (non-hydrogen) atoms. The molecule has 1 aliphatic rings. The van der Waals surface area contributed by atoms with Gasteiger partial charge in [-0.25, -0.2) is 4.98 Å². The van der Waals surface area contributed by atoms with Crippen molar-refractivity contribution in [2.24, 2.45) is 5.41 Å². The Kier molecular flexibility index (Phi) is 4.20. The number of nitriles is 1. The van der Waals surface area contributed by atoms with Gasteiger partial charge in [-0.15, -0.1) is 0 Å². The highest BCUT2D eigenvalue weighted by Gasteiger charge is 2.42. The Morgan fingerprint density at radius 3 is 2.96 bits per heavy atom. The summed E-state index contributed by atoms with van der Waals surface area (Å²) in [5, 5.41) is 12.6. The molecule has 2 heterocycles. The van der Waals surface area contributed by atoms with Crippen LogP contribution in [0.15, 0.2) is 24.4 Å². The van der Waals surface area contributed by atoms with Crippen LogP contribution < -0.4 is 5.32 Å². The van der Waals surface area contributed by atoms with Crippen LogP contribution in [0.1, 0.15) is 38.3 Å². The Bertz CT molecular complexity index is 754. The van der Waals surface area contributed by atoms with Crippen molar-refractivity contribution in [2.75, 3.05) is 18.5 Å². The van der Waals surface area contributed by atoms with Gasteiger partial charge in [0, 0.05) is 12.7 Å². The molecule has 0 atom stereocenters. The van der Waals surface area contributed by atoms with Crippen LogP contribution in [0.3, 0.4) is 0 Å². The second kappa shape index (κ2) is 6.29. The van der Waals surface area contributed by atoms with E-state index in [0.717, 1.165) is 25.7 Å². The third-order valence-electron chi connectivity index (χ3n) is 4.50. The number of carbonyl (C=O) groups excluding carboxylic acids is 1. The molecule has 1 N–H and O–H groups in total. The maximum absolute atomic E-state index is 12.4. The molecule has 3 rings (SSSR count). The van der Waals surface area contributed by atoms with Crippen molar-refractivity contribution < 1.29 is 9.53 Å². The summed E-state index contributed by atoms with van der Waals surface area (Å²) in [4.78, 5) is 16.8. The van der Waals surface area contributed by atoms with Gasteiger partial charge in [-0.3, -0.25) is 9.20 Å². The number of aromatic nitrogens is 2. The third kappa shape index (κ3) is 2.74. The van der Waals surface area contributed by atoms with Gasteiger partial charge in [0.15, 0.2) is 11.5 Å². The van der Waals surface area contributed by atoms with Gasteiger partial charge in [0.05, 0.1) is 12.0 Å². The maximum atomic E-state index is 12.4. The van der Waals surface area contributed by atoms with Crippen molar-refractivity contribution in [1.29, 1.82) is 5.26 Å². The molecule has 1 aliphatic carbocycles. The summed E-state index contributed by atoms with van der Waals surface area (Å²) >= 11 is 0. The Morgan fingerprint density at radius 2 is 2.26 bits per heavy atom. The molecule has 2 aromatic heterocycles. The molecule has 0 aromatic carbocycles. The fourth-order valence-electron chi connectivity index (χ4n) is 3.27. The Hall–Kier alpha value is -2.55. The molecule has 0 bridgehead atoms. The molecular formula is C17H20N4O2. The number of fused-ring (bicyclic) bond motifs is 1. The van der Waals surface area contributed by atoms with E-state index in [9.17, 15) is 10.1 Å². The lowest BCUT2D eigenvalue weighted by atomic mass is 9.86. The summed E-state index contributed by atoms with van der Waals surface area (Å²) in [7, 11) is 0. The summed E-state index contributed by atoms with van der Waals surface area (Å²) in [6, 6.07) is 7.77. The van der Waals surface area contributed by atoms with Crippen LogP contribution in [0.25, 0.3) is 5.65 Å². The first-order valence-electron chi connectivity index (χ1n) is 7.98. The van der Waals surface area contributed by atoms with Crippen molar-refractivity contribution in [3.8, 4) is 6.07 Å². The number of hydrogen-bond acceptors (Lipinski definition) is 5. The average Bonchev–Trinajstić information content (AvgIpc) is 3.18. The summed E-state index contributed by atoms with van der Waals surface area (Å²) < 4.78 is 7.01. The Morgan fingerprint density at radius 1 is 1.48 bits per heavy atom. The van der Waals surface area contributed by atoms with E-state index in [-0.39, 0.29) is 5.97 Å². The SMILES string of the molecule is CCOC(=O)C1(CNc2nc3ccccn3c2C#N)CCCC1. The fourth-order valence-corrected chi connectivity index (χ4v) is 3.27. The third-order valence-corrected chi connectivity index (χ3v) is 4.50. The molecule has 6 heteroatoms. The van der Waals surface area contributed by atoms with Gasteiger partial charge in [0.1, 0.15) is 11.7 Å². The molecule has 0 saturated heterocycles. The van der Waals surface area contributed by atoms with Crippen LogP contribution in [0.5, 0.6) is 0 Å². The van der Waals surface area contributed by atoms with Crippen LogP contribution in [-0.4, -0.2) is 28.5 Å². The molecule has 0 amide bonds. The van der Waals surface area contributed by atoms with E-state index in [1.165, 1.54) is 0 Å². The second-order valence-corrected chi connectivity index (χ2v) is 5.91. The standard InChI is InChI=1S/C17H20N4O2/c1-2-23-16(22)17(8-4-5-9-17)12-19-15-13(11-18)21-10-6-3-7-14(21)20-15/h3,6-7,10,19H,2,4-5,8-9,12H2,1H3. The second-order valence-electron chi connectivity index (χ2n) is 5.91. The number of ether oxygens (including phenoxy) is 1. The minimum Gasteiger partial charge on any atom is -0.466 e. The van der Waals surface area contributed by atoms with Gasteiger partial charge >= 0.3 is 5.97 Å². The largest absolute Gasteiger partial charge is 0.466 e. The van der Waals surface area contributed by atoms with E-state index >= 15 is 0 Å². The molecule has 1 fully saturated rings. The van der Waals surface area contributed by atoms with E-state index in [2.05, 4.69) is 16.4 Å². The van der Waals surface area contributed by atoms with Gasteiger partial charge < -0.3 is 10.1 Å². The van der Waals surface area contributed by atoms with E-state index in [1.807, 2.05) is 31.3 Å². The van der Waals surface area contributed by atoms with Crippen LogP contribution >= 0.6 is 0 Å². The number of esters is 1. The number of nitrogens with one attached hydrogen (secondary N) is 1. The predicted octanol–water partition coefficient (Wildman–Crippen LogP) is 2.74. The molecule has 0 spiro atoms. The zero-order chi connectivity index (χ0) is 16.3. The monoisotopic (exact) mass is 312 g/mol. The summed E-state index contributed by atoms with van der Waals surface area (Å²) in [5.74, 6) is 0.376. The van der Waals surface area contributed by atoms with Crippen LogP contribution in [0.4, 0.5) is 5.82 Å². The first-order chi connectivity index (χ1) is 11.2. The number of nitrogens with zero attached hydrogens (tertiary/aromatic N) is 3. The Balaban J connectivity index is 1.84.